The highest BCUT2D eigenvalue weighted by Crippen LogP contribution is 2.41. The van der Waals surface area contributed by atoms with Crippen molar-refractivity contribution in [1.82, 2.24) is 13.7 Å². The Balaban J connectivity index is 0.000000138. The number of nitrogens with zero attached hydrogens (tertiary/aromatic N) is 3. The first-order valence-corrected chi connectivity index (χ1v) is 29.3. The van der Waals surface area contributed by atoms with E-state index in [1.807, 2.05) is 40.2 Å². The fourth-order valence-corrected chi connectivity index (χ4v) is 10.8. The largest absolute Gasteiger partial charge is 0.309 e. The van der Waals surface area contributed by atoms with Gasteiger partial charge in [-0.1, -0.05) is 196 Å². The van der Waals surface area contributed by atoms with Gasteiger partial charge >= 0.3 is 0 Å². The van der Waals surface area contributed by atoms with E-state index in [-0.39, 0.29) is 0 Å². The van der Waals surface area contributed by atoms with Crippen molar-refractivity contribution < 1.29 is 0 Å². The third-order valence-electron chi connectivity index (χ3n) is 13.0. The van der Waals surface area contributed by atoms with E-state index in [1.54, 1.807) is 0 Å². The topological polar surface area (TPSA) is 14.8 Å². The molecule has 13 aromatic rings. The van der Waals surface area contributed by atoms with Crippen molar-refractivity contribution in [2.45, 2.75) is 6.42 Å². The lowest BCUT2D eigenvalue weighted by Crippen LogP contribution is -1.96. The second kappa shape index (κ2) is 22.0. The number of alkyl halides is 2. The molecule has 1 aliphatic rings. The molecule has 8 heteroatoms. The van der Waals surface area contributed by atoms with Gasteiger partial charge < -0.3 is 13.7 Å². The zero-order valence-corrected chi connectivity index (χ0v) is 46.9. The van der Waals surface area contributed by atoms with Crippen LogP contribution in [0.4, 0.5) is 0 Å². The van der Waals surface area contributed by atoms with Crippen molar-refractivity contribution in [3.8, 4) is 28.2 Å². The summed E-state index contributed by atoms with van der Waals surface area (Å²) in [5, 5.41) is 9.03. The third kappa shape index (κ3) is 9.50. The fraction of sp³-hybridized carbons (Fsp3) is 0.0476. The van der Waals surface area contributed by atoms with Crippen LogP contribution in [0, 0.1) is 3.57 Å². The number of aromatic nitrogens is 3. The number of hydrogen-bond acceptors (Lipinski definition) is 0. The molecular formula is C63H46Cl2I3N3. The van der Waals surface area contributed by atoms with Gasteiger partial charge in [0.15, 0.2) is 0 Å². The molecule has 1 aliphatic carbocycles. The Morgan fingerprint density at radius 3 is 1.27 bits per heavy atom. The van der Waals surface area contributed by atoms with Crippen LogP contribution in [0.5, 0.6) is 0 Å². The van der Waals surface area contributed by atoms with Crippen molar-refractivity contribution in [1.29, 1.82) is 0 Å². The molecule has 0 spiro atoms. The maximum absolute atomic E-state index is 6.40. The van der Waals surface area contributed by atoms with Gasteiger partial charge in [-0.2, -0.15) is 0 Å². The summed E-state index contributed by atoms with van der Waals surface area (Å²) in [6, 6.07) is 81.2. The Hall–Kier alpha value is -5.63. The number of fused-ring (bicyclic) bond motifs is 12. The Morgan fingerprint density at radius 1 is 0.310 bits per heavy atom. The van der Waals surface area contributed by atoms with Gasteiger partial charge in [-0.05, 0) is 164 Å². The van der Waals surface area contributed by atoms with E-state index in [4.69, 9.17) is 23.2 Å². The van der Waals surface area contributed by atoms with Gasteiger partial charge in [0.25, 0.3) is 0 Å². The van der Waals surface area contributed by atoms with Gasteiger partial charge in [-0.25, -0.2) is 0 Å². The Labute approximate surface area is 465 Å². The lowest BCUT2D eigenvalue weighted by molar-refractivity contribution is 1.15. The summed E-state index contributed by atoms with van der Waals surface area (Å²) in [4.78, 5) is 3.94. The quantitative estimate of drug-likeness (QED) is 0.124. The van der Waals surface area contributed by atoms with Gasteiger partial charge in [-0.15, -0.1) is 0 Å². The zero-order chi connectivity index (χ0) is 49.0. The molecule has 348 valence electrons. The summed E-state index contributed by atoms with van der Waals surface area (Å²) in [6.07, 6.45) is 0.965. The summed E-state index contributed by atoms with van der Waals surface area (Å²) < 4.78 is 8.36. The highest BCUT2D eigenvalue weighted by molar-refractivity contribution is 14.1. The maximum atomic E-state index is 6.40. The van der Waals surface area contributed by atoms with Crippen molar-refractivity contribution >= 4 is 156 Å². The molecule has 3 aromatic heterocycles. The van der Waals surface area contributed by atoms with Crippen LogP contribution in [0.15, 0.2) is 231 Å². The van der Waals surface area contributed by atoms with E-state index in [9.17, 15) is 0 Å². The van der Waals surface area contributed by atoms with E-state index < -0.39 is 0 Å². The van der Waals surface area contributed by atoms with Gasteiger partial charge in [0, 0.05) is 63.0 Å². The molecule has 3 nitrogen and oxygen atoms in total. The molecule has 71 heavy (non-hydrogen) atoms. The van der Waals surface area contributed by atoms with Crippen LogP contribution in [0.3, 0.4) is 0 Å². The van der Waals surface area contributed by atoms with Crippen LogP contribution in [0.25, 0.3) is 93.6 Å². The smallest absolute Gasteiger partial charge is 0.0561 e. The predicted octanol–water partition coefficient (Wildman–Crippen LogP) is 19.9. The number of rotatable bonds is 3. The van der Waals surface area contributed by atoms with Crippen LogP contribution in [0.1, 0.15) is 11.1 Å². The van der Waals surface area contributed by atoms with Crippen molar-refractivity contribution in [3.63, 3.8) is 0 Å². The minimum Gasteiger partial charge on any atom is -0.309 e. The number of hydrogen-bond donors (Lipinski definition) is 0. The lowest BCUT2D eigenvalue weighted by Gasteiger charge is -2.11. The molecular weight excluding hydrogens is 1250 g/mol. The molecule has 0 unspecified atom stereocenters. The van der Waals surface area contributed by atoms with E-state index in [0.717, 1.165) is 44.3 Å². The SMILES string of the molecule is CI.CI.Clc1ccc2c(c1)-c1ccc(-n3c4ccccc4c4ccccc43)cc1C2.Clc1ccc2c(c1)c1ccc(-n3c4ccccc4c4ccccc43)cc1n2-c1ccccc1.Ic1ccccc1. The molecule has 0 N–H and O–H groups in total. The van der Waals surface area contributed by atoms with E-state index in [2.05, 4.69) is 282 Å². The highest BCUT2D eigenvalue weighted by Gasteiger charge is 2.21. The summed E-state index contributed by atoms with van der Waals surface area (Å²) in [6.45, 7) is 0. The first-order chi connectivity index (χ1) is 35.0. The first kappa shape index (κ1) is 49.0. The average Bonchev–Trinajstić information content (AvgIpc) is 4.16. The summed E-state index contributed by atoms with van der Waals surface area (Å²) in [5.41, 5.74) is 16.0. The summed E-state index contributed by atoms with van der Waals surface area (Å²) in [7, 11) is 0. The number of benzene rings is 10. The molecule has 0 saturated heterocycles. The highest BCUT2D eigenvalue weighted by atomic mass is 127. The Morgan fingerprint density at radius 2 is 0.732 bits per heavy atom. The molecule has 0 aliphatic heterocycles. The molecule has 0 bridgehead atoms. The van der Waals surface area contributed by atoms with Crippen molar-refractivity contribution in [2.24, 2.45) is 0 Å². The molecule has 3 heterocycles. The standard InChI is InChI=1S/C30H19ClN2.C25H16ClN.C6H5I.2CH3I/c31-20-14-17-29-26(18-20)25-16-15-22(19-30(25)32(29)21-8-2-1-3-9-21)33-27-12-6-4-10-23(27)24-11-5-7-13-28(24)33;26-18-10-9-16-13-17-14-19(11-12-20(17)23(16)15-18)27-24-7-3-1-5-21(24)22-6-2-4-8-25(22)27;7-6-4-2-1-3-5-6;2*1-2/h1-19H;1-12,14-15H,13H2;1-5H;2*1H3. The molecule has 14 rings (SSSR count). The number of para-hydroxylation sites is 5. The Kier molecular flexibility index (Phi) is 15.2. The minimum atomic E-state index is 0.751. The molecule has 0 radical (unpaired) electrons. The summed E-state index contributed by atoms with van der Waals surface area (Å²) >= 11 is 19.2. The second-order valence-corrected chi connectivity index (χ2v) is 19.0. The van der Waals surface area contributed by atoms with Crippen LogP contribution < -0.4 is 0 Å². The second-order valence-electron chi connectivity index (χ2n) is 16.9. The Bertz CT molecular complexity index is 3900. The third-order valence-corrected chi connectivity index (χ3v) is 14.2. The van der Waals surface area contributed by atoms with E-state index in [1.165, 1.54) is 80.5 Å². The van der Waals surface area contributed by atoms with Gasteiger partial charge in [-0.3, -0.25) is 0 Å². The normalized spacial score (nSPS) is 11.3. The van der Waals surface area contributed by atoms with E-state index in [0.29, 0.717) is 0 Å². The van der Waals surface area contributed by atoms with Crippen molar-refractivity contribution in [2.75, 3.05) is 9.86 Å². The molecule has 0 atom stereocenters. The minimum absolute atomic E-state index is 0.751. The number of halogens is 5. The zero-order valence-electron chi connectivity index (χ0n) is 38.9. The van der Waals surface area contributed by atoms with Crippen LogP contribution >= 0.6 is 91.0 Å². The lowest BCUT2D eigenvalue weighted by atomic mass is 10.1. The molecule has 0 saturated carbocycles. The average molecular weight is 1300 g/mol. The van der Waals surface area contributed by atoms with Crippen LogP contribution in [0.2, 0.25) is 10.0 Å². The van der Waals surface area contributed by atoms with Crippen molar-refractivity contribution in [3.05, 3.63) is 255 Å². The fourth-order valence-electron chi connectivity index (χ4n) is 10.1. The van der Waals surface area contributed by atoms with Crippen LogP contribution in [-0.4, -0.2) is 23.6 Å². The molecule has 0 fully saturated rings. The van der Waals surface area contributed by atoms with E-state index >= 15 is 0 Å². The molecule has 10 aromatic carbocycles. The van der Waals surface area contributed by atoms with Gasteiger partial charge in [0.2, 0.25) is 0 Å². The monoisotopic (exact) mass is 1300 g/mol. The summed E-state index contributed by atoms with van der Waals surface area (Å²) in [5.74, 6) is 0. The molecule has 0 amide bonds. The van der Waals surface area contributed by atoms with Crippen LogP contribution in [-0.2, 0) is 6.42 Å². The predicted molar refractivity (Wildman–Crippen MR) is 333 cm³/mol. The first-order valence-electron chi connectivity index (χ1n) is 23.1. The van der Waals surface area contributed by atoms with Gasteiger partial charge in [0.05, 0.1) is 33.1 Å². The maximum Gasteiger partial charge on any atom is 0.0561 e. The van der Waals surface area contributed by atoms with Gasteiger partial charge in [0.1, 0.15) is 0 Å².